The summed E-state index contributed by atoms with van der Waals surface area (Å²) in [7, 11) is 0. The van der Waals surface area contributed by atoms with Crippen molar-refractivity contribution in [3.05, 3.63) is 69.2 Å². The highest BCUT2D eigenvalue weighted by Crippen LogP contribution is 2.31. The molecule has 154 valence electrons. The van der Waals surface area contributed by atoms with Crippen LogP contribution >= 0.6 is 15.9 Å². The molecule has 10 nitrogen and oxygen atoms in total. The summed E-state index contributed by atoms with van der Waals surface area (Å²) < 4.78 is 7.49. The fourth-order valence-electron chi connectivity index (χ4n) is 3.22. The molecule has 11 heteroatoms. The number of nitro groups is 1. The quantitative estimate of drug-likeness (QED) is 0.448. The van der Waals surface area contributed by atoms with Gasteiger partial charge in [-0.2, -0.15) is 5.10 Å². The Hall–Kier alpha value is -3.31. The Labute approximate surface area is 179 Å². The molecule has 30 heavy (non-hydrogen) atoms. The number of aromatic nitrogens is 3. The standard InChI is InChI=1S/C19H17BrN6O4/c20-14-2-4-16(24-5-7-30-8-6-24)15(10-14)23-19(27)13-1-3-17(18(9-13)26(28)29)25-12-21-11-22-25/h1-4,9-12H,5-8H2,(H,23,27). The highest BCUT2D eigenvalue weighted by atomic mass is 79.9. The van der Waals surface area contributed by atoms with E-state index >= 15 is 0 Å². The summed E-state index contributed by atoms with van der Waals surface area (Å²) in [6.45, 7) is 2.64. The van der Waals surface area contributed by atoms with Gasteiger partial charge in [-0.1, -0.05) is 15.9 Å². The molecule has 2 heterocycles. The van der Waals surface area contributed by atoms with Crippen LogP contribution in [0.1, 0.15) is 10.4 Å². The lowest BCUT2D eigenvalue weighted by Gasteiger charge is -2.30. The van der Waals surface area contributed by atoms with Crippen LogP contribution in [0.25, 0.3) is 5.69 Å². The molecule has 1 aliphatic heterocycles. The number of anilines is 2. The van der Waals surface area contributed by atoms with Gasteiger partial charge in [-0.25, -0.2) is 9.67 Å². The first-order valence-electron chi connectivity index (χ1n) is 9.10. The van der Waals surface area contributed by atoms with E-state index in [9.17, 15) is 14.9 Å². The first-order chi connectivity index (χ1) is 14.5. The minimum absolute atomic E-state index is 0.165. The van der Waals surface area contributed by atoms with Crippen molar-refractivity contribution in [2.24, 2.45) is 0 Å². The fourth-order valence-corrected chi connectivity index (χ4v) is 3.58. The zero-order chi connectivity index (χ0) is 21.1. The molecule has 1 amide bonds. The third kappa shape index (κ3) is 4.16. The van der Waals surface area contributed by atoms with Crippen molar-refractivity contribution in [2.75, 3.05) is 36.5 Å². The Morgan fingerprint density at radius 3 is 2.63 bits per heavy atom. The number of nitrogens with one attached hydrogen (secondary N) is 1. The lowest BCUT2D eigenvalue weighted by atomic mass is 10.1. The Balaban J connectivity index is 1.64. The van der Waals surface area contributed by atoms with Gasteiger partial charge < -0.3 is 15.0 Å². The molecular formula is C19H17BrN6O4. The minimum atomic E-state index is -0.550. The fraction of sp³-hybridized carbons (Fsp3) is 0.211. The van der Waals surface area contributed by atoms with Gasteiger partial charge >= 0.3 is 0 Å². The first-order valence-corrected chi connectivity index (χ1v) is 9.89. The number of nitro benzene ring substituents is 1. The van der Waals surface area contributed by atoms with E-state index in [0.29, 0.717) is 32.0 Å². The Morgan fingerprint density at radius 1 is 1.17 bits per heavy atom. The minimum Gasteiger partial charge on any atom is -0.378 e. The molecule has 1 aromatic heterocycles. The van der Waals surface area contributed by atoms with Crippen LogP contribution < -0.4 is 10.2 Å². The maximum absolute atomic E-state index is 12.9. The average molecular weight is 473 g/mol. The third-order valence-corrected chi connectivity index (χ3v) is 5.15. The number of morpholine rings is 1. The van der Waals surface area contributed by atoms with Crippen molar-refractivity contribution >= 4 is 38.9 Å². The van der Waals surface area contributed by atoms with Crippen molar-refractivity contribution in [3.8, 4) is 5.69 Å². The van der Waals surface area contributed by atoms with Crippen molar-refractivity contribution in [1.29, 1.82) is 0 Å². The predicted octanol–water partition coefficient (Wildman–Crippen LogP) is 3.03. The number of ether oxygens (including phenoxy) is 1. The van der Waals surface area contributed by atoms with Gasteiger partial charge in [0, 0.05) is 29.2 Å². The summed E-state index contributed by atoms with van der Waals surface area (Å²) in [5, 5.41) is 18.3. The second-order valence-corrected chi connectivity index (χ2v) is 7.43. The van der Waals surface area contributed by atoms with E-state index in [1.165, 1.54) is 35.5 Å². The van der Waals surface area contributed by atoms with E-state index in [-0.39, 0.29) is 16.9 Å². The highest BCUT2D eigenvalue weighted by molar-refractivity contribution is 9.10. The zero-order valence-corrected chi connectivity index (χ0v) is 17.3. The Bertz CT molecular complexity index is 1080. The Kier molecular flexibility index (Phi) is 5.72. The van der Waals surface area contributed by atoms with Crippen molar-refractivity contribution < 1.29 is 14.5 Å². The molecule has 1 saturated heterocycles. The summed E-state index contributed by atoms with van der Waals surface area (Å²) in [5.41, 5.74) is 1.63. The summed E-state index contributed by atoms with van der Waals surface area (Å²) in [6, 6.07) is 9.86. The maximum Gasteiger partial charge on any atom is 0.295 e. The molecule has 1 fully saturated rings. The molecule has 0 spiro atoms. The maximum atomic E-state index is 12.9. The number of amides is 1. The number of hydrogen-bond acceptors (Lipinski definition) is 7. The number of hydrogen-bond donors (Lipinski definition) is 1. The van der Waals surface area contributed by atoms with E-state index in [0.717, 1.165) is 10.2 Å². The summed E-state index contributed by atoms with van der Waals surface area (Å²) in [5.74, 6) is -0.448. The number of rotatable bonds is 5. The van der Waals surface area contributed by atoms with Crippen molar-refractivity contribution in [3.63, 3.8) is 0 Å². The van der Waals surface area contributed by atoms with Gasteiger partial charge in [0.05, 0.1) is 29.5 Å². The normalized spacial score (nSPS) is 13.8. The van der Waals surface area contributed by atoms with Crippen LogP contribution in [0, 0.1) is 10.1 Å². The summed E-state index contributed by atoms with van der Waals surface area (Å²) in [6.07, 6.45) is 2.64. The lowest BCUT2D eigenvalue weighted by molar-refractivity contribution is -0.384. The molecule has 0 unspecified atom stereocenters. The number of halogens is 1. The van der Waals surface area contributed by atoms with Crippen LogP contribution in [-0.4, -0.2) is 51.9 Å². The summed E-state index contributed by atoms with van der Waals surface area (Å²) in [4.78, 5) is 29.8. The average Bonchev–Trinajstić information content (AvgIpc) is 3.29. The van der Waals surface area contributed by atoms with Gasteiger partial charge in [0.1, 0.15) is 18.3 Å². The van der Waals surface area contributed by atoms with Crippen molar-refractivity contribution in [2.45, 2.75) is 0 Å². The van der Waals surface area contributed by atoms with Gasteiger partial charge in [0.25, 0.3) is 11.6 Å². The van der Waals surface area contributed by atoms with Crippen LogP contribution in [0.5, 0.6) is 0 Å². The third-order valence-electron chi connectivity index (χ3n) is 4.66. The van der Waals surface area contributed by atoms with Crippen LogP contribution in [-0.2, 0) is 4.74 Å². The number of carbonyl (C=O) groups excluding carboxylic acids is 1. The lowest BCUT2D eigenvalue weighted by Crippen LogP contribution is -2.36. The molecule has 0 aliphatic carbocycles. The topological polar surface area (TPSA) is 115 Å². The van der Waals surface area contributed by atoms with E-state index in [1.807, 2.05) is 12.1 Å². The van der Waals surface area contributed by atoms with Crippen molar-refractivity contribution in [1.82, 2.24) is 14.8 Å². The SMILES string of the molecule is O=C(Nc1cc(Br)ccc1N1CCOCC1)c1ccc(-n2cncn2)c([N+](=O)[O-])c1. The number of carbonyl (C=O) groups is 1. The van der Waals surface area contributed by atoms with E-state index in [2.05, 4.69) is 36.2 Å². The first kappa shape index (κ1) is 20.0. The Morgan fingerprint density at radius 2 is 1.93 bits per heavy atom. The summed E-state index contributed by atoms with van der Waals surface area (Å²) >= 11 is 3.43. The van der Waals surface area contributed by atoms with Crippen LogP contribution in [0.4, 0.5) is 17.1 Å². The monoisotopic (exact) mass is 472 g/mol. The van der Waals surface area contributed by atoms with Gasteiger partial charge in [-0.05, 0) is 30.3 Å². The molecule has 0 saturated carbocycles. The molecule has 1 aliphatic rings. The molecule has 1 N–H and O–H groups in total. The second kappa shape index (κ2) is 8.59. The van der Waals surface area contributed by atoms with Crippen LogP contribution in [0.2, 0.25) is 0 Å². The van der Waals surface area contributed by atoms with Gasteiger partial charge in [-0.3, -0.25) is 14.9 Å². The largest absolute Gasteiger partial charge is 0.378 e. The highest BCUT2D eigenvalue weighted by Gasteiger charge is 2.21. The van der Waals surface area contributed by atoms with E-state index in [1.54, 1.807) is 6.07 Å². The predicted molar refractivity (Wildman–Crippen MR) is 113 cm³/mol. The molecule has 2 aromatic carbocycles. The molecule has 0 atom stereocenters. The molecular weight excluding hydrogens is 456 g/mol. The number of nitrogens with zero attached hydrogens (tertiary/aromatic N) is 5. The van der Waals surface area contributed by atoms with Gasteiger partial charge in [0.2, 0.25) is 0 Å². The van der Waals surface area contributed by atoms with E-state index < -0.39 is 10.8 Å². The molecule has 0 radical (unpaired) electrons. The van der Waals surface area contributed by atoms with E-state index in [4.69, 9.17) is 4.74 Å². The smallest absolute Gasteiger partial charge is 0.295 e. The number of benzene rings is 2. The second-order valence-electron chi connectivity index (χ2n) is 6.52. The molecule has 3 aromatic rings. The van der Waals surface area contributed by atoms with Crippen LogP contribution in [0.15, 0.2) is 53.5 Å². The molecule has 0 bridgehead atoms. The van der Waals surface area contributed by atoms with Crippen LogP contribution in [0.3, 0.4) is 0 Å². The zero-order valence-electron chi connectivity index (χ0n) is 15.7. The van der Waals surface area contributed by atoms with Gasteiger partial charge in [-0.15, -0.1) is 0 Å². The van der Waals surface area contributed by atoms with Gasteiger partial charge in [0.15, 0.2) is 0 Å². The molecule has 4 rings (SSSR count).